The van der Waals surface area contributed by atoms with Crippen LogP contribution in [0.1, 0.15) is 30.9 Å². The Hall–Kier alpha value is -1.53. The molecule has 0 aliphatic carbocycles. The average molecular weight is 329 g/mol. The Morgan fingerprint density at radius 2 is 1.95 bits per heavy atom. The van der Waals surface area contributed by atoms with Crippen LogP contribution in [-0.4, -0.2) is 18.0 Å². The summed E-state index contributed by atoms with van der Waals surface area (Å²) in [7, 11) is -2.44. The third-order valence-corrected chi connectivity index (χ3v) is 4.76. The number of hydrogen-bond acceptors (Lipinski definition) is 4. The topological polar surface area (TPSA) is 61.2 Å². The lowest BCUT2D eigenvalue weighted by atomic mass is 10.0. The monoisotopic (exact) mass is 328 g/mol. The summed E-state index contributed by atoms with van der Waals surface area (Å²) in [6, 6.07) is 5.38. The molecule has 0 saturated heterocycles. The summed E-state index contributed by atoms with van der Waals surface area (Å²) in [5.41, 5.74) is 1.94. The second-order valence-electron chi connectivity index (χ2n) is 5.22. The van der Waals surface area contributed by atoms with Gasteiger partial charge in [-0.3, -0.25) is 0 Å². The van der Waals surface area contributed by atoms with Crippen molar-refractivity contribution in [3.05, 3.63) is 40.8 Å². The van der Waals surface area contributed by atoms with Gasteiger partial charge in [0.25, 0.3) is 0 Å². The van der Waals surface area contributed by atoms with E-state index in [0.29, 0.717) is 0 Å². The molecule has 21 heavy (non-hydrogen) atoms. The van der Waals surface area contributed by atoms with Crippen LogP contribution in [0.3, 0.4) is 0 Å². The summed E-state index contributed by atoms with van der Waals surface area (Å²) in [6.07, 6.45) is 1.33. The third-order valence-electron chi connectivity index (χ3n) is 3.02. The van der Waals surface area contributed by atoms with Gasteiger partial charge in [0.1, 0.15) is 5.75 Å². The fourth-order valence-electron chi connectivity index (χ4n) is 1.89. The molecule has 0 saturated carbocycles. The van der Waals surface area contributed by atoms with Crippen molar-refractivity contribution in [2.75, 3.05) is 0 Å². The third kappa shape index (κ3) is 3.39. The minimum atomic E-state index is -4.05. The van der Waals surface area contributed by atoms with E-state index in [-0.39, 0.29) is 21.8 Å². The molecule has 5 nitrogen and oxygen atoms in total. The molecule has 114 valence electrons. The quantitative estimate of drug-likeness (QED) is 0.808. The highest BCUT2D eigenvalue weighted by Crippen LogP contribution is 2.27. The Morgan fingerprint density at radius 1 is 1.29 bits per heavy atom. The van der Waals surface area contributed by atoms with Crippen molar-refractivity contribution >= 4 is 21.7 Å². The van der Waals surface area contributed by atoms with Gasteiger partial charge in [-0.25, -0.2) is 4.98 Å². The minimum Gasteiger partial charge on any atom is -0.378 e. The number of imidazole rings is 1. The number of benzene rings is 1. The van der Waals surface area contributed by atoms with E-state index in [4.69, 9.17) is 15.8 Å². The van der Waals surface area contributed by atoms with Crippen LogP contribution in [0.25, 0.3) is 0 Å². The van der Waals surface area contributed by atoms with Crippen LogP contribution in [0.15, 0.2) is 29.6 Å². The molecule has 0 atom stereocenters. The maximum Gasteiger partial charge on any atom is 0.360 e. The standard InChI is InChI=1S/C14H17ClN2O3S/c1-9(2)11-5-10(3)6-12(7-11)20-21(18,19)14-13(15)17(4)8-16-14/h5-9H,1-4H3. The van der Waals surface area contributed by atoms with Crippen LogP contribution in [0, 0.1) is 6.92 Å². The zero-order valence-electron chi connectivity index (χ0n) is 12.3. The van der Waals surface area contributed by atoms with Gasteiger partial charge >= 0.3 is 10.1 Å². The number of aryl methyl sites for hydroxylation is 2. The second kappa shape index (κ2) is 5.69. The predicted molar refractivity (Wildman–Crippen MR) is 81.3 cm³/mol. The first-order chi connectivity index (χ1) is 9.70. The summed E-state index contributed by atoms with van der Waals surface area (Å²) >= 11 is 5.91. The van der Waals surface area contributed by atoms with Gasteiger partial charge in [0, 0.05) is 7.05 Å². The lowest BCUT2D eigenvalue weighted by molar-refractivity contribution is 0.482. The normalized spacial score (nSPS) is 11.9. The van der Waals surface area contributed by atoms with E-state index in [2.05, 4.69) is 4.98 Å². The first kappa shape index (κ1) is 15.9. The SMILES string of the molecule is Cc1cc(OS(=O)(=O)c2ncn(C)c2Cl)cc(C(C)C)c1. The van der Waals surface area contributed by atoms with Crippen molar-refractivity contribution in [1.29, 1.82) is 0 Å². The molecule has 0 bridgehead atoms. The Kier molecular flexibility index (Phi) is 4.30. The van der Waals surface area contributed by atoms with Crippen molar-refractivity contribution in [2.24, 2.45) is 7.05 Å². The number of nitrogens with zero attached hydrogens (tertiary/aromatic N) is 2. The first-order valence-electron chi connectivity index (χ1n) is 6.43. The molecule has 0 spiro atoms. The molecular formula is C14H17ClN2O3S. The van der Waals surface area contributed by atoms with Crippen molar-refractivity contribution in [3.8, 4) is 5.75 Å². The maximum atomic E-state index is 12.2. The summed E-state index contributed by atoms with van der Waals surface area (Å²) in [5, 5.41) is -0.258. The molecule has 0 aliphatic heterocycles. The Morgan fingerprint density at radius 3 is 2.48 bits per heavy atom. The van der Waals surface area contributed by atoms with Crippen molar-refractivity contribution in [2.45, 2.75) is 31.7 Å². The minimum absolute atomic E-state index is 0.0201. The number of hydrogen-bond donors (Lipinski definition) is 0. The number of rotatable bonds is 4. The van der Waals surface area contributed by atoms with Crippen LogP contribution < -0.4 is 4.18 Å². The fraction of sp³-hybridized carbons (Fsp3) is 0.357. The highest BCUT2D eigenvalue weighted by atomic mass is 35.5. The van der Waals surface area contributed by atoms with E-state index in [9.17, 15) is 8.42 Å². The molecule has 0 N–H and O–H groups in total. The molecule has 2 rings (SSSR count). The van der Waals surface area contributed by atoms with Crippen LogP contribution >= 0.6 is 11.6 Å². The zero-order valence-corrected chi connectivity index (χ0v) is 13.9. The molecule has 0 fully saturated rings. The van der Waals surface area contributed by atoms with E-state index >= 15 is 0 Å². The van der Waals surface area contributed by atoms with Gasteiger partial charge in [0.2, 0.25) is 5.03 Å². The molecule has 7 heteroatoms. The van der Waals surface area contributed by atoms with Gasteiger partial charge in [-0.2, -0.15) is 8.42 Å². The van der Waals surface area contributed by atoms with E-state index in [1.165, 1.54) is 10.9 Å². The van der Waals surface area contributed by atoms with E-state index in [1.54, 1.807) is 19.2 Å². The lowest BCUT2D eigenvalue weighted by Crippen LogP contribution is -2.11. The Bertz CT molecular complexity index is 767. The molecule has 0 aliphatic rings. The highest BCUT2D eigenvalue weighted by molar-refractivity contribution is 7.87. The smallest absolute Gasteiger partial charge is 0.360 e. The second-order valence-corrected chi connectivity index (χ2v) is 7.04. The average Bonchev–Trinajstić information content (AvgIpc) is 2.69. The van der Waals surface area contributed by atoms with E-state index in [1.807, 2.05) is 26.8 Å². The number of halogens is 1. The summed E-state index contributed by atoms with van der Waals surface area (Å²) in [4.78, 5) is 3.78. The Labute approximate surface area is 129 Å². The zero-order chi connectivity index (χ0) is 15.8. The molecule has 0 unspecified atom stereocenters. The van der Waals surface area contributed by atoms with Crippen LogP contribution in [0.5, 0.6) is 5.75 Å². The fourth-order valence-corrected chi connectivity index (χ4v) is 3.22. The predicted octanol–water partition coefficient (Wildman–Crippen LogP) is 3.27. The Balaban J connectivity index is 2.39. The molecule has 0 radical (unpaired) electrons. The molecular weight excluding hydrogens is 312 g/mol. The summed E-state index contributed by atoms with van der Waals surface area (Å²) < 4.78 is 31.1. The van der Waals surface area contributed by atoms with Gasteiger partial charge in [-0.1, -0.05) is 31.5 Å². The van der Waals surface area contributed by atoms with E-state index in [0.717, 1.165) is 11.1 Å². The van der Waals surface area contributed by atoms with Gasteiger partial charge < -0.3 is 8.75 Å². The molecule has 1 aromatic heterocycles. The van der Waals surface area contributed by atoms with Gasteiger partial charge in [-0.05, 0) is 36.1 Å². The molecule has 1 aromatic carbocycles. The summed E-state index contributed by atoms with van der Waals surface area (Å²) in [6.45, 7) is 5.95. The van der Waals surface area contributed by atoms with E-state index < -0.39 is 10.1 Å². The van der Waals surface area contributed by atoms with Gasteiger partial charge in [-0.15, -0.1) is 0 Å². The summed E-state index contributed by atoms with van der Waals surface area (Å²) in [5.74, 6) is 0.536. The largest absolute Gasteiger partial charge is 0.378 e. The van der Waals surface area contributed by atoms with Gasteiger partial charge in [0.05, 0.1) is 6.33 Å². The lowest BCUT2D eigenvalue weighted by Gasteiger charge is -2.11. The van der Waals surface area contributed by atoms with Crippen LogP contribution in [-0.2, 0) is 17.2 Å². The highest BCUT2D eigenvalue weighted by Gasteiger charge is 2.25. The molecule has 0 amide bonds. The maximum absolute atomic E-state index is 12.2. The van der Waals surface area contributed by atoms with Crippen molar-refractivity contribution < 1.29 is 12.6 Å². The van der Waals surface area contributed by atoms with Crippen molar-refractivity contribution in [1.82, 2.24) is 9.55 Å². The molecule has 1 heterocycles. The van der Waals surface area contributed by atoms with Crippen LogP contribution in [0.4, 0.5) is 0 Å². The van der Waals surface area contributed by atoms with Crippen LogP contribution in [0.2, 0.25) is 5.15 Å². The van der Waals surface area contributed by atoms with Gasteiger partial charge in [0.15, 0.2) is 5.15 Å². The first-order valence-corrected chi connectivity index (χ1v) is 8.22. The molecule has 2 aromatic rings. The van der Waals surface area contributed by atoms with Crippen molar-refractivity contribution in [3.63, 3.8) is 0 Å². The number of aromatic nitrogens is 2.